The van der Waals surface area contributed by atoms with Crippen LogP contribution in [0.5, 0.6) is 34.5 Å². The Morgan fingerprint density at radius 3 is 0.643 bits per heavy atom. The molecule has 0 saturated heterocycles. The van der Waals surface area contributed by atoms with E-state index in [2.05, 4.69) is 273 Å². The van der Waals surface area contributed by atoms with Crippen LogP contribution in [0.25, 0.3) is 67.5 Å². The number of hydrogen-bond acceptors (Lipinski definition) is 6. The highest BCUT2D eigenvalue weighted by Gasteiger charge is 2.54. The van der Waals surface area contributed by atoms with Crippen LogP contribution in [0.15, 0.2) is 273 Å². The van der Waals surface area contributed by atoms with Crippen molar-refractivity contribution in [2.75, 3.05) is 0 Å². The Hall–Kier alpha value is -11.0. The summed E-state index contributed by atoms with van der Waals surface area (Å²) in [6.07, 6.45) is 0. The standard InChI is InChI=1S/C78H45N3O3/c1-7-25-55-49(19-1)50-20-2-8-26-56(50)76(55)61-31-13-16-34-67(61)82-70-40-37-46(43-64(70)76)73-79-74(47-38-41-71-65(44-47)77(62-32-14-17-35-68(62)83-71)57-27-9-3-21-51(57)52-22-4-10-28-58(52)77)81-75(80-73)48-39-42-72-66(45-48)78(63-33-15-18-36-69(63)84-72)59-29-11-5-23-53(59)54-24-6-12-30-60(54)78/h1-45H. The summed E-state index contributed by atoms with van der Waals surface area (Å²) >= 11 is 0. The van der Waals surface area contributed by atoms with Gasteiger partial charge in [-0.3, -0.25) is 0 Å². The minimum Gasteiger partial charge on any atom is -0.457 e. The smallest absolute Gasteiger partial charge is 0.164 e. The largest absolute Gasteiger partial charge is 0.457 e. The van der Waals surface area contributed by atoms with E-state index in [1.807, 2.05) is 0 Å². The van der Waals surface area contributed by atoms with Crippen molar-refractivity contribution in [3.05, 3.63) is 340 Å². The van der Waals surface area contributed by atoms with Gasteiger partial charge in [-0.05, 0) is 140 Å². The summed E-state index contributed by atoms with van der Waals surface area (Å²) in [5.41, 5.74) is 21.3. The van der Waals surface area contributed by atoms with E-state index in [4.69, 9.17) is 29.2 Å². The van der Waals surface area contributed by atoms with E-state index >= 15 is 0 Å². The van der Waals surface area contributed by atoms with Gasteiger partial charge in [-0.15, -0.1) is 0 Å². The molecule has 390 valence electrons. The Bertz CT molecular complexity index is 4410. The molecule has 0 fully saturated rings. The first kappa shape index (κ1) is 45.7. The zero-order valence-corrected chi connectivity index (χ0v) is 45.0. The highest BCUT2D eigenvalue weighted by Crippen LogP contribution is 2.66. The third-order valence-corrected chi connectivity index (χ3v) is 19.0. The second-order valence-electron chi connectivity index (χ2n) is 22.8. The van der Waals surface area contributed by atoms with Gasteiger partial charge in [-0.25, -0.2) is 15.0 Å². The average Bonchev–Trinajstić information content (AvgIpc) is 2.11. The lowest BCUT2D eigenvalue weighted by Gasteiger charge is -2.39. The Labute approximate surface area is 484 Å². The third kappa shape index (κ3) is 5.71. The summed E-state index contributed by atoms with van der Waals surface area (Å²) in [7, 11) is 0. The molecule has 0 N–H and O–H groups in total. The summed E-state index contributed by atoms with van der Waals surface area (Å²) in [5.74, 6) is 6.45. The van der Waals surface area contributed by atoms with E-state index in [1.165, 1.54) is 66.8 Å². The fourth-order valence-electron chi connectivity index (χ4n) is 15.7. The van der Waals surface area contributed by atoms with Gasteiger partial charge in [-0.1, -0.05) is 200 Å². The van der Waals surface area contributed by atoms with Gasteiger partial charge in [0.25, 0.3) is 0 Å². The van der Waals surface area contributed by atoms with E-state index < -0.39 is 16.2 Å². The Morgan fingerprint density at radius 1 is 0.190 bits per heavy atom. The van der Waals surface area contributed by atoms with Gasteiger partial charge in [-0.2, -0.15) is 0 Å². The highest BCUT2D eigenvalue weighted by molar-refractivity contribution is 5.93. The number of nitrogens with zero attached hydrogens (tertiary/aromatic N) is 3. The van der Waals surface area contributed by atoms with Gasteiger partial charge < -0.3 is 14.2 Å². The highest BCUT2D eigenvalue weighted by atomic mass is 16.5. The number of fused-ring (bicyclic) bond motifs is 27. The second kappa shape index (κ2) is 16.6. The van der Waals surface area contributed by atoms with Crippen molar-refractivity contribution in [1.82, 2.24) is 15.0 Å². The molecule has 0 amide bonds. The first-order chi connectivity index (χ1) is 41.6. The number of ether oxygens (including phenoxy) is 3. The summed E-state index contributed by atoms with van der Waals surface area (Å²) in [5, 5.41) is 0. The summed E-state index contributed by atoms with van der Waals surface area (Å²) in [6, 6.07) is 97.9. The summed E-state index contributed by atoms with van der Waals surface area (Å²) in [4.78, 5) is 16.8. The zero-order chi connectivity index (χ0) is 54.9. The Morgan fingerprint density at radius 2 is 0.393 bits per heavy atom. The van der Waals surface area contributed by atoms with Gasteiger partial charge in [0.1, 0.15) is 34.5 Å². The first-order valence-electron chi connectivity index (χ1n) is 28.7. The second-order valence-corrected chi connectivity index (χ2v) is 22.8. The molecule has 13 aromatic rings. The lowest BCUT2D eigenvalue weighted by Crippen LogP contribution is -2.32. The van der Waals surface area contributed by atoms with Crippen molar-refractivity contribution in [2.45, 2.75) is 16.2 Å². The van der Waals surface area contributed by atoms with Crippen LogP contribution in [0.1, 0.15) is 66.8 Å². The van der Waals surface area contributed by atoms with Crippen molar-refractivity contribution >= 4 is 0 Å². The van der Waals surface area contributed by atoms with Crippen LogP contribution < -0.4 is 14.2 Å². The van der Waals surface area contributed by atoms with E-state index in [0.717, 1.165) is 84.6 Å². The van der Waals surface area contributed by atoms with Crippen LogP contribution in [0.3, 0.4) is 0 Å². The monoisotopic (exact) mass is 1070 g/mol. The van der Waals surface area contributed by atoms with E-state index in [9.17, 15) is 0 Å². The average molecular weight is 1070 g/mol. The minimum absolute atomic E-state index is 0.530. The van der Waals surface area contributed by atoms with Crippen molar-refractivity contribution in [2.24, 2.45) is 0 Å². The van der Waals surface area contributed by atoms with Gasteiger partial charge >= 0.3 is 0 Å². The van der Waals surface area contributed by atoms with E-state index in [0.29, 0.717) is 17.5 Å². The predicted molar refractivity (Wildman–Crippen MR) is 328 cm³/mol. The topological polar surface area (TPSA) is 66.4 Å². The molecule has 84 heavy (non-hydrogen) atoms. The Kier molecular flexibility index (Phi) is 9.04. The molecule has 12 aromatic carbocycles. The molecular weight excluding hydrogens is 1030 g/mol. The normalized spacial score (nSPS) is 15.0. The van der Waals surface area contributed by atoms with Gasteiger partial charge in [0, 0.05) is 50.1 Å². The molecule has 3 aliphatic heterocycles. The molecule has 0 radical (unpaired) electrons. The van der Waals surface area contributed by atoms with Crippen molar-refractivity contribution < 1.29 is 14.2 Å². The molecule has 6 heteroatoms. The lowest BCUT2D eigenvalue weighted by atomic mass is 9.66. The van der Waals surface area contributed by atoms with E-state index in [-0.39, 0.29) is 0 Å². The molecule has 0 atom stereocenters. The zero-order valence-electron chi connectivity index (χ0n) is 45.0. The number of para-hydroxylation sites is 3. The van der Waals surface area contributed by atoms with Gasteiger partial charge in [0.2, 0.25) is 0 Å². The molecule has 3 spiro atoms. The molecule has 0 saturated carbocycles. The number of benzene rings is 12. The fraction of sp³-hybridized carbons (Fsp3) is 0.0385. The maximum atomic E-state index is 6.94. The van der Waals surface area contributed by atoms with Crippen LogP contribution in [0.4, 0.5) is 0 Å². The van der Waals surface area contributed by atoms with Gasteiger partial charge in [0.05, 0.1) is 16.2 Å². The van der Waals surface area contributed by atoms with Crippen molar-refractivity contribution in [3.63, 3.8) is 0 Å². The van der Waals surface area contributed by atoms with Crippen molar-refractivity contribution in [3.8, 4) is 102 Å². The van der Waals surface area contributed by atoms with Crippen LogP contribution in [0.2, 0.25) is 0 Å². The molecule has 3 aliphatic carbocycles. The lowest BCUT2D eigenvalue weighted by molar-refractivity contribution is 0.436. The molecule has 4 heterocycles. The Balaban J connectivity index is 0.869. The maximum absolute atomic E-state index is 6.94. The molecule has 19 rings (SSSR count). The molecule has 6 nitrogen and oxygen atoms in total. The maximum Gasteiger partial charge on any atom is 0.164 e. The molecule has 1 aromatic heterocycles. The molecular formula is C78H45N3O3. The fourth-order valence-corrected chi connectivity index (χ4v) is 15.7. The molecule has 0 unspecified atom stereocenters. The first-order valence-corrected chi connectivity index (χ1v) is 28.7. The summed E-state index contributed by atoms with van der Waals surface area (Å²) < 4.78 is 20.8. The van der Waals surface area contributed by atoms with E-state index in [1.54, 1.807) is 0 Å². The van der Waals surface area contributed by atoms with Crippen LogP contribution in [0, 0.1) is 0 Å². The van der Waals surface area contributed by atoms with Crippen LogP contribution in [-0.2, 0) is 16.2 Å². The number of rotatable bonds is 3. The van der Waals surface area contributed by atoms with Crippen LogP contribution >= 0.6 is 0 Å². The number of hydrogen-bond donors (Lipinski definition) is 0. The van der Waals surface area contributed by atoms with Gasteiger partial charge in [0.15, 0.2) is 17.5 Å². The molecule has 0 bridgehead atoms. The van der Waals surface area contributed by atoms with Crippen molar-refractivity contribution in [1.29, 1.82) is 0 Å². The summed E-state index contributed by atoms with van der Waals surface area (Å²) in [6.45, 7) is 0. The molecule has 6 aliphatic rings. The quantitative estimate of drug-likeness (QED) is 0.176. The third-order valence-electron chi connectivity index (χ3n) is 19.0. The SMILES string of the molecule is c1ccc2c(c1)Oc1ccc(-c3nc(-c4ccc5c(c4)C4(c6ccccc6O5)c5ccccc5-c5ccccc54)nc(-c4ccc5c(c4)C4(c6ccccc6O5)c5ccccc5-c5ccccc54)n3)cc1C21c2ccccc2-c2ccccc21. The predicted octanol–water partition coefficient (Wildman–Crippen LogP) is 18.3. The number of aromatic nitrogens is 3. The van der Waals surface area contributed by atoms with Crippen LogP contribution in [-0.4, -0.2) is 15.0 Å². The minimum atomic E-state index is -0.694.